The van der Waals surface area contributed by atoms with Crippen molar-refractivity contribution in [2.24, 2.45) is 0 Å². The van der Waals surface area contributed by atoms with Crippen molar-refractivity contribution < 1.29 is 4.79 Å². The van der Waals surface area contributed by atoms with Crippen LogP contribution in [0.15, 0.2) is 42.5 Å². The Morgan fingerprint density at radius 1 is 1.18 bits per heavy atom. The third-order valence-electron chi connectivity index (χ3n) is 2.89. The van der Waals surface area contributed by atoms with Crippen LogP contribution < -0.4 is 10.6 Å². The van der Waals surface area contributed by atoms with Crippen molar-refractivity contribution in [1.82, 2.24) is 10.6 Å². The molecule has 0 saturated carbocycles. The largest absolute Gasteiger partial charge is 0.351 e. The van der Waals surface area contributed by atoms with E-state index in [2.05, 4.69) is 22.8 Å². The van der Waals surface area contributed by atoms with Gasteiger partial charge < -0.3 is 10.6 Å². The van der Waals surface area contributed by atoms with Crippen LogP contribution in [0.5, 0.6) is 0 Å². The summed E-state index contributed by atoms with van der Waals surface area (Å²) in [6.07, 6.45) is 6.37. The molecule has 1 aliphatic carbocycles. The first kappa shape index (κ1) is 11.9. The lowest BCUT2D eigenvalue weighted by Gasteiger charge is -2.11. The molecule has 3 heteroatoms. The molecule has 0 saturated heterocycles. The lowest BCUT2D eigenvalue weighted by molar-refractivity contribution is -0.120. The van der Waals surface area contributed by atoms with Crippen LogP contribution in [-0.2, 0) is 11.3 Å². The maximum atomic E-state index is 11.6. The second-order valence-electron chi connectivity index (χ2n) is 4.28. The Labute approximate surface area is 102 Å². The Bertz CT molecular complexity index is 378. The molecule has 0 atom stereocenters. The highest BCUT2D eigenvalue weighted by atomic mass is 16.1. The maximum absolute atomic E-state index is 11.6. The Morgan fingerprint density at radius 2 is 1.88 bits per heavy atom. The van der Waals surface area contributed by atoms with Gasteiger partial charge in [-0.25, -0.2) is 0 Å². The van der Waals surface area contributed by atoms with Gasteiger partial charge in [0.05, 0.1) is 6.54 Å². The summed E-state index contributed by atoms with van der Waals surface area (Å²) < 4.78 is 0. The van der Waals surface area contributed by atoms with E-state index in [4.69, 9.17) is 0 Å². The quantitative estimate of drug-likeness (QED) is 0.755. The van der Waals surface area contributed by atoms with Gasteiger partial charge in [0.25, 0.3) is 0 Å². The molecule has 1 aromatic carbocycles. The summed E-state index contributed by atoms with van der Waals surface area (Å²) >= 11 is 0. The molecule has 2 N–H and O–H groups in total. The molecule has 3 nitrogen and oxygen atoms in total. The third-order valence-corrected chi connectivity index (χ3v) is 2.89. The molecule has 0 aromatic heterocycles. The summed E-state index contributed by atoms with van der Waals surface area (Å²) in [5, 5.41) is 6.14. The fourth-order valence-corrected chi connectivity index (χ4v) is 1.88. The van der Waals surface area contributed by atoms with Crippen molar-refractivity contribution in [2.45, 2.75) is 25.4 Å². The standard InChI is InChI=1S/C14H18N2O/c17-14(11-15-13-8-4-5-9-13)16-10-12-6-2-1-3-7-12/h1-7,13,15H,8-11H2,(H,16,17). The topological polar surface area (TPSA) is 41.1 Å². The summed E-state index contributed by atoms with van der Waals surface area (Å²) in [7, 11) is 0. The summed E-state index contributed by atoms with van der Waals surface area (Å²) in [6.45, 7) is 1.00. The van der Waals surface area contributed by atoms with E-state index in [0.29, 0.717) is 19.1 Å². The molecular formula is C14H18N2O. The molecule has 90 valence electrons. The highest BCUT2D eigenvalue weighted by Crippen LogP contribution is 2.08. The van der Waals surface area contributed by atoms with Crippen LogP contribution >= 0.6 is 0 Å². The van der Waals surface area contributed by atoms with Crippen molar-refractivity contribution in [3.05, 3.63) is 48.0 Å². The van der Waals surface area contributed by atoms with E-state index in [1.807, 2.05) is 30.3 Å². The molecule has 17 heavy (non-hydrogen) atoms. The van der Waals surface area contributed by atoms with Gasteiger partial charge in [-0.05, 0) is 18.4 Å². The first-order chi connectivity index (χ1) is 8.34. The molecule has 0 aliphatic heterocycles. The number of rotatable bonds is 5. The van der Waals surface area contributed by atoms with Crippen molar-refractivity contribution >= 4 is 5.91 Å². The van der Waals surface area contributed by atoms with Gasteiger partial charge in [0.1, 0.15) is 0 Å². The SMILES string of the molecule is O=C(CNC1CC=CC1)NCc1ccccc1. The van der Waals surface area contributed by atoms with Crippen LogP contribution in [0.1, 0.15) is 18.4 Å². The zero-order chi connectivity index (χ0) is 11.9. The molecule has 0 heterocycles. The average molecular weight is 230 g/mol. The van der Waals surface area contributed by atoms with Gasteiger partial charge in [-0.15, -0.1) is 0 Å². The molecule has 1 amide bonds. The Hall–Kier alpha value is -1.61. The Kier molecular flexibility index (Phi) is 4.33. The highest BCUT2D eigenvalue weighted by molar-refractivity contribution is 5.78. The molecule has 0 radical (unpaired) electrons. The monoisotopic (exact) mass is 230 g/mol. The minimum atomic E-state index is 0.0563. The van der Waals surface area contributed by atoms with E-state index in [0.717, 1.165) is 18.4 Å². The van der Waals surface area contributed by atoms with Crippen LogP contribution in [0.4, 0.5) is 0 Å². The summed E-state index contributed by atoms with van der Waals surface area (Å²) in [5.74, 6) is 0.0563. The molecule has 2 rings (SSSR count). The first-order valence-electron chi connectivity index (χ1n) is 6.03. The second kappa shape index (κ2) is 6.21. The molecule has 1 aliphatic rings. The molecule has 0 unspecified atom stereocenters. The molecule has 0 spiro atoms. The fourth-order valence-electron chi connectivity index (χ4n) is 1.88. The van der Waals surface area contributed by atoms with E-state index in [1.165, 1.54) is 0 Å². The Balaban J connectivity index is 1.64. The summed E-state index contributed by atoms with van der Waals surface area (Å²) in [6, 6.07) is 10.4. The van der Waals surface area contributed by atoms with Gasteiger partial charge in [-0.1, -0.05) is 42.5 Å². The second-order valence-corrected chi connectivity index (χ2v) is 4.28. The predicted molar refractivity (Wildman–Crippen MR) is 68.5 cm³/mol. The molecule has 0 bridgehead atoms. The van der Waals surface area contributed by atoms with Gasteiger partial charge >= 0.3 is 0 Å². The maximum Gasteiger partial charge on any atom is 0.234 e. The number of nitrogens with one attached hydrogen (secondary N) is 2. The van der Waals surface area contributed by atoms with E-state index in [-0.39, 0.29) is 5.91 Å². The lowest BCUT2D eigenvalue weighted by atomic mass is 10.2. The van der Waals surface area contributed by atoms with Crippen LogP contribution in [-0.4, -0.2) is 18.5 Å². The number of hydrogen-bond acceptors (Lipinski definition) is 2. The highest BCUT2D eigenvalue weighted by Gasteiger charge is 2.10. The number of carbonyl (C=O) groups excluding carboxylic acids is 1. The van der Waals surface area contributed by atoms with Crippen LogP contribution in [0.2, 0.25) is 0 Å². The first-order valence-corrected chi connectivity index (χ1v) is 6.03. The zero-order valence-corrected chi connectivity index (χ0v) is 9.86. The molecule has 1 aromatic rings. The number of amides is 1. The van der Waals surface area contributed by atoms with Crippen molar-refractivity contribution in [3.8, 4) is 0 Å². The normalized spacial score (nSPS) is 15.1. The minimum Gasteiger partial charge on any atom is -0.351 e. The Morgan fingerprint density at radius 3 is 2.59 bits per heavy atom. The van der Waals surface area contributed by atoms with Gasteiger partial charge in [0.2, 0.25) is 5.91 Å². The summed E-state index contributed by atoms with van der Waals surface area (Å²) in [5.41, 5.74) is 1.13. The minimum absolute atomic E-state index is 0.0563. The average Bonchev–Trinajstić information content (AvgIpc) is 2.88. The van der Waals surface area contributed by atoms with Gasteiger partial charge in [-0.3, -0.25) is 4.79 Å². The van der Waals surface area contributed by atoms with Crippen LogP contribution in [0, 0.1) is 0 Å². The zero-order valence-electron chi connectivity index (χ0n) is 9.86. The summed E-state index contributed by atoms with van der Waals surface area (Å²) in [4.78, 5) is 11.6. The number of benzene rings is 1. The number of hydrogen-bond donors (Lipinski definition) is 2. The molecule has 0 fully saturated rings. The van der Waals surface area contributed by atoms with Crippen molar-refractivity contribution in [3.63, 3.8) is 0 Å². The van der Waals surface area contributed by atoms with E-state index in [1.54, 1.807) is 0 Å². The fraction of sp³-hybridized carbons (Fsp3) is 0.357. The van der Waals surface area contributed by atoms with Gasteiger partial charge in [-0.2, -0.15) is 0 Å². The van der Waals surface area contributed by atoms with Crippen LogP contribution in [0.25, 0.3) is 0 Å². The van der Waals surface area contributed by atoms with Crippen molar-refractivity contribution in [1.29, 1.82) is 0 Å². The van der Waals surface area contributed by atoms with Gasteiger partial charge in [0, 0.05) is 12.6 Å². The van der Waals surface area contributed by atoms with Gasteiger partial charge in [0.15, 0.2) is 0 Å². The van der Waals surface area contributed by atoms with Crippen molar-refractivity contribution in [2.75, 3.05) is 6.54 Å². The number of carbonyl (C=O) groups is 1. The lowest BCUT2D eigenvalue weighted by Crippen LogP contribution is -2.37. The van der Waals surface area contributed by atoms with E-state index < -0.39 is 0 Å². The van der Waals surface area contributed by atoms with Crippen LogP contribution in [0.3, 0.4) is 0 Å². The van der Waals surface area contributed by atoms with E-state index in [9.17, 15) is 4.79 Å². The third kappa shape index (κ3) is 4.04. The van der Waals surface area contributed by atoms with E-state index >= 15 is 0 Å². The smallest absolute Gasteiger partial charge is 0.234 e. The molecular weight excluding hydrogens is 212 g/mol. The predicted octanol–water partition coefficient (Wildman–Crippen LogP) is 1.61.